The Hall–Kier alpha value is -1.22. The van der Waals surface area contributed by atoms with Crippen LogP contribution in [-0.4, -0.2) is 23.4 Å². The summed E-state index contributed by atoms with van der Waals surface area (Å²) in [6.07, 6.45) is 7.90. The van der Waals surface area contributed by atoms with Gasteiger partial charge in [0.2, 0.25) is 0 Å². The molecule has 0 unspecified atom stereocenters. The van der Waals surface area contributed by atoms with Crippen molar-refractivity contribution < 1.29 is 14.9 Å². The lowest BCUT2D eigenvalue weighted by Crippen LogP contribution is -1.97. The van der Waals surface area contributed by atoms with Gasteiger partial charge in [0.05, 0.1) is 6.61 Å². The fourth-order valence-corrected chi connectivity index (χ4v) is 1.86. The average Bonchev–Trinajstić information content (AvgIpc) is 2.39. The number of para-hydroxylation sites is 2. The molecule has 0 atom stereocenters. The highest BCUT2D eigenvalue weighted by Crippen LogP contribution is 2.24. The van der Waals surface area contributed by atoms with Gasteiger partial charge in [0.15, 0.2) is 11.5 Å². The molecule has 3 heteroatoms. The molecule has 0 aliphatic carbocycles. The zero-order chi connectivity index (χ0) is 13.1. The molecule has 0 saturated carbocycles. The van der Waals surface area contributed by atoms with Crippen LogP contribution in [0, 0.1) is 0 Å². The summed E-state index contributed by atoms with van der Waals surface area (Å²) in [5.74, 6) is 0.780. The highest BCUT2D eigenvalue weighted by molar-refractivity contribution is 5.37. The Bertz CT molecular complexity index is 312. The van der Waals surface area contributed by atoms with Gasteiger partial charge in [0.25, 0.3) is 0 Å². The summed E-state index contributed by atoms with van der Waals surface area (Å²) in [7, 11) is 0. The van der Waals surface area contributed by atoms with Crippen LogP contribution in [0.4, 0.5) is 0 Å². The lowest BCUT2D eigenvalue weighted by atomic mass is 10.1. The number of benzene rings is 1. The van der Waals surface area contributed by atoms with Crippen molar-refractivity contribution >= 4 is 0 Å². The molecular formula is C15H24O3. The fraction of sp³-hybridized carbons (Fsp3) is 0.600. The van der Waals surface area contributed by atoms with Gasteiger partial charge in [-0.3, -0.25) is 0 Å². The molecule has 0 heterocycles. The Kier molecular flexibility index (Phi) is 8.06. The van der Waals surface area contributed by atoms with Crippen LogP contribution in [0.1, 0.15) is 44.9 Å². The minimum Gasteiger partial charge on any atom is -0.504 e. The number of aliphatic hydroxyl groups is 1. The van der Waals surface area contributed by atoms with E-state index in [0.29, 0.717) is 19.0 Å². The fourth-order valence-electron chi connectivity index (χ4n) is 1.86. The lowest BCUT2D eigenvalue weighted by Gasteiger charge is -2.07. The molecule has 1 aromatic rings. The second-order valence-electron chi connectivity index (χ2n) is 4.51. The van der Waals surface area contributed by atoms with E-state index in [1.807, 2.05) is 6.07 Å². The molecule has 1 aromatic carbocycles. The van der Waals surface area contributed by atoms with Gasteiger partial charge in [-0.05, 0) is 25.0 Å². The number of hydrogen-bond donors (Lipinski definition) is 2. The molecule has 0 aromatic heterocycles. The molecule has 0 aliphatic rings. The van der Waals surface area contributed by atoms with Gasteiger partial charge in [-0.25, -0.2) is 0 Å². The summed E-state index contributed by atoms with van der Waals surface area (Å²) in [5.41, 5.74) is 0. The lowest BCUT2D eigenvalue weighted by molar-refractivity contribution is 0.280. The number of aromatic hydroxyl groups is 1. The van der Waals surface area contributed by atoms with Crippen molar-refractivity contribution in [1.82, 2.24) is 0 Å². The Labute approximate surface area is 109 Å². The highest BCUT2D eigenvalue weighted by atomic mass is 16.5. The van der Waals surface area contributed by atoms with Crippen LogP contribution < -0.4 is 4.74 Å². The Morgan fingerprint density at radius 3 is 2.11 bits per heavy atom. The first-order valence-electron chi connectivity index (χ1n) is 6.86. The first-order chi connectivity index (χ1) is 8.84. The second-order valence-corrected chi connectivity index (χ2v) is 4.51. The van der Waals surface area contributed by atoms with Crippen molar-refractivity contribution in [2.75, 3.05) is 13.2 Å². The number of ether oxygens (including phenoxy) is 1. The van der Waals surface area contributed by atoms with Crippen LogP contribution in [0.25, 0.3) is 0 Å². The normalized spacial score (nSPS) is 10.5. The standard InChI is InChI=1S/C15H24O3/c16-12-8-4-2-1-3-5-9-13-18-15-11-7-6-10-14(15)17/h6-7,10-11,16-17H,1-5,8-9,12-13H2. The van der Waals surface area contributed by atoms with Crippen LogP contribution in [0.2, 0.25) is 0 Å². The summed E-state index contributed by atoms with van der Waals surface area (Å²) in [4.78, 5) is 0. The van der Waals surface area contributed by atoms with Gasteiger partial charge >= 0.3 is 0 Å². The van der Waals surface area contributed by atoms with E-state index in [0.717, 1.165) is 25.7 Å². The molecule has 0 fully saturated rings. The first-order valence-corrected chi connectivity index (χ1v) is 6.86. The molecule has 0 radical (unpaired) electrons. The SMILES string of the molecule is OCCCCCCCCCOc1ccccc1O. The van der Waals surface area contributed by atoms with E-state index in [9.17, 15) is 5.11 Å². The largest absolute Gasteiger partial charge is 0.504 e. The van der Waals surface area contributed by atoms with Gasteiger partial charge in [0.1, 0.15) is 0 Å². The third kappa shape index (κ3) is 6.50. The average molecular weight is 252 g/mol. The second kappa shape index (κ2) is 9.77. The smallest absolute Gasteiger partial charge is 0.160 e. The number of unbranched alkanes of at least 4 members (excludes halogenated alkanes) is 6. The topological polar surface area (TPSA) is 49.7 Å². The van der Waals surface area contributed by atoms with Gasteiger partial charge in [-0.1, -0.05) is 44.2 Å². The third-order valence-electron chi connectivity index (χ3n) is 2.93. The highest BCUT2D eigenvalue weighted by Gasteiger charge is 1.99. The summed E-state index contributed by atoms with van der Waals surface area (Å²) >= 11 is 0. The van der Waals surface area contributed by atoms with Crippen molar-refractivity contribution in [1.29, 1.82) is 0 Å². The monoisotopic (exact) mass is 252 g/mol. The van der Waals surface area contributed by atoms with Gasteiger partial charge in [0, 0.05) is 6.61 Å². The summed E-state index contributed by atoms with van der Waals surface area (Å²) in [6, 6.07) is 7.06. The van der Waals surface area contributed by atoms with Crippen molar-refractivity contribution in [2.24, 2.45) is 0 Å². The number of rotatable bonds is 10. The molecule has 18 heavy (non-hydrogen) atoms. The van der Waals surface area contributed by atoms with E-state index in [-0.39, 0.29) is 5.75 Å². The maximum Gasteiger partial charge on any atom is 0.160 e. The van der Waals surface area contributed by atoms with Gasteiger partial charge < -0.3 is 14.9 Å². The predicted octanol–water partition coefficient (Wildman–Crippen LogP) is 3.49. The predicted molar refractivity (Wildman–Crippen MR) is 73.0 cm³/mol. The molecule has 0 spiro atoms. The molecular weight excluding hydrogens is 228 g/mol. The maximum absolute atomic E-state index is 9.49. The minimum absolute atomic E-state index is 0.210. The summed E-state index contributed by atoms with van der Waals surface area (Å²) in [6.45, 7) is 0.975. The Morgan fingerprint density at radius 2 is 1.44 bits per heavy atom. The molecule has 102 valence electrons. The zero-order valence-corrected chi connectivity index (χ0v) is 11.0. The first kappa shape index (κ1) is 14.8. The number of phenolic OH excluding ortho intramolecular Hbond substituents is 1. The molecule has 0 aliphatic heterocycles. The van der Waals surface area contributed by atoms with E-state index in [2.05, 4.69) is 0 Å². The minimum atomic E-state index is 0.210. The van der Waals surface area contributed by atoms with Crippen molar-refractivity contribution in [3.8, 4) is 11.5 Å². The maximum atomic E-state index is 9.49. The summed E-state index contributed by atoms with van der Waals surface area (Å²) < 4.78 is 5.50. The number of aliphatic hydroxyl groups excluding tert-OH is 1. The summed E-state index contributed by atoms with van der Waals surface area (Å²) in [5, 5.41) is 18.1. The molecule has 0 saturated heterocycles. The third-order valence-corrected chi connectivity index (χ3v) is 2.93. The van der Waals surface area contributed by atoms with Crippen LogP contribution in [0.3, 0.4) is 0 Å². The number of phenols is 1. The Morgan fingerprint density at radius 1 is 0.833 bits per heavy atom. The van der Waals surface area contributed by atoms with E-state index in [1.54, 1.807) is 18.2 Å². The molecule has 0 amide bonds. The van der Waals surface area contributed by atoms with Crippen molar-refractivity contribution in [2.45, 2.75) is 44.9 Å². The number of hydrogen-bond acceptors (Lipinski definition) is 3. The van der Waals surface area contributed by atoms with Crippen molar-refractivity contribution in [3.63, 3.8) is 0 Å². The molecule has 1 rings (SSSR count). The molecule has 0 bridgehead atoms. The molecule has 3 nitrogen and oxygen atoms in total. The van der Waals surface area contributed by atoms with Gasteiger partial charge in [-0.2, -0.15) is 0 Å². The zero-order valence-electron chi connectivity index (χ0n) is 11.0. The van der Waals surface area contributed by atoms with Crippen LogP contribution in [0.15, 0.2) is 24.3 Å². The van der Waals surface area contributed by atoms with E-state index in [4.69, 9.17) is 9.84 Å². The Balaban J connectivity index is 1.94. The van der Waals surface area contributed by atoms with E-state index >= 15 is 0 Å². The van der Waals surface area contributed by atoms with Crippen LogP contribution in [0.5, 0.6) is 11.5 Å². The van der Waals surface area contributed by atoms with Crippen LogP contribution >= 0.6 is 0 Å². The quantitative estimate of drug-likeness (QED) is 0.627. The van der Waals surface area contributed by atoms with Crippen molar-refractivity contribution in [3.05, 3.63) is 24.3 Å². The van der Waals surface area contributed by atoms with E-state index in [1.165, 1.54) is 19.3 Å². The molecule has 2 N–H and O–H groups in total. The van der Waals surface area contributed by atoms with Crippen LogP contribution in [-0.2, 0) is 0 Å². The van der Waals surface area contributed by atoms with E-state index < -0.39 is 0 Å². The van der Waals surface area contributed by atoms with Gasteiger partial charge in [-0.15, -0.1) is 0 Å².